The molecule has 1 aromatic rings. The average Bonchev–Trinajstić information content (AvgIpc) is 2.29. The summed E-state index contributed by atoms with van der Waals surface area (Å²) in [6.07, 6.45) is 0.741. The van der Waals surface area contributed by atoms with Crippen LogP contribution in [0.15, 0.2) is 24.3 Å². The zero-order valence-corrected chi connectivity index (χ0v) is 10.1. The molecule has 0 aliphatic heterocycles. The van der Waals surface area contributed by atoms with Crippen molar-refractivity contribution in [3.8, 4) is 0 Å². The molecule has 0 fully saturated rings. The Hall–Kier alpha value is -1.59. The first-order chi connectivity index (χ1) is 7.65. The minimum atomic E-state index is -0.505. The van der Waals surface area contributed by atoms with Crippen LogP contribution in [0.4, 0.5) is 0 Å². The molecule has 0 aliphatic rings. The summed E-state index contributed by atoms with van der Waals surface area (Å²) < 4.78 is 0. The number of primary amides is 1. The minimum Gasteiger partial charge on any atom is -0.366 e. The molecule has 0 radical (unpaired) electrons. The van der Waals surface area contributed by atoms with E-state index in [1.165, 1.54) is 12.1 Å². The molecule has 5 nitrogen and oxygen atoms in total. The van der Waals surface area contributed by atoms with Crippen LogP contribution in [0.25, 0.3) is 0 Å². The van der Waals surface area contributed by atoms with E-state index in [0.29, 0.717) is 24.2 Å². The van der Waals surface area contributed by atoms with E-state index in [4.69, 9.17) is 11.5 Å². The molecular weight excluding hydrogens is 242 g/mol. The number of carbonyl (C=O) groups excluding carboxylic acids is 2. The molecule has 0 unspecified atom stereocenters. The molecule has 0 aromatic heterocycles. The Morgan fingerprint density at radius 1 is 1.12 bits per heavy atom. The summed E-state index contributed by atoms with van der Waals surface area (Å²) in [7, 11) is 0. The number of halogens is 1. The topological polar surface area (TPSA) is 98.2 Å². The Morgan fingerprint density at radius 3 is 2.12 bits per heavy atom. The summed E-state index contributed by atoms with van der Waals surface area (Å²) in [4.78, 5) is 22.3. The van der Waals surface area contributed by atoms with E-state index < -0.39 is 5.91 Å². The monoisotopic (exact) mass is 257 g/mol. The fraction of sp³-hybridized carbons (Fsp3) is 0.273. The number of amides is 2. The quantitative estimate of drug-likeness (QED) is 0.661. The number of carbonyl (C=O) groups is 2. The molecule has 0 aliphatic carbocycles. The van der Waals surface area contributed by atoms with E-state index in [1.54, 1.807) is 12.1 Å². The summed E-state index contributed by atoms with van der Waals surface area (Å²) in [5.41, 5.74) is 11.3. The lowest BCUT2D eigenvalue weighted by Crippen LogP contribution is -2.26. The zero-order valence-electron chi connectivity index (χ0n) is 9.31. The molecule has 2 amide bonds. The third-order valence-electron chi connectivity index (χ3n) is 2.10. The molecule has 5 N–H and O–H groups in total. The van der Waals surface area contributed by atoms with E-state index in [-0.39, 0.29) is 18.3 Å². The van der Waals surface area contributed by atoms with Crippen molar-refractivity contribution in [2.24, 2.45) is 11.5 Å². The van der Waals surface area contributed by atoms with Gasteiger partial charge in [0.1, 0.15) is 0 Å². The van der Waals surface area contributed by atoms with E-state index in [0.717, 1.165) is 6.42 Å². The Bertz CT molecular complexity index is 379. The SMILES string of the molecule is Cl.NCCCNC(=O)c1ccc(C(N)=O)cc1. The molecule has 0 heterocycles. The number of rotatable bonds is 5. The Balaban J connectivity index is 0.00000256. The van der Waals surface area contributed by atoms with Gasteiger partial charge in [-0.05, 0) is 37.2 Å². The van der Waals surface area contributed by atoms with Gasteiger partial charge in [-0.2, -0.15) is 0 Å². The number of hydrogen-bond donors (Lipinski definition) is 3. The van der Waals surface area contributed by atoms with Crippen LogP contribution in [-0.4, -0.2) is 24.9 Å². The van der Waals surface area contributed by atoms with Gasteiger partial charge in [0, 0.05) is 17.7 Å². The van der Waals surface area contributed by atoms with Crippen LogP contribution >= 0.6 is 12.4 Å². The predicted octanol–water partition coefficient (Wildman–Crippen LogP) is 0.286. The number of nitrogens with two attached hydrogens (primary N) is 2. The molecule has 0 saturated carbocycles. The van der Waals surface area contributed by atoms with E-state index in [2.05, 4.69) is 5.32 Å². The maximum absolute atomic E-state index is 11.5. The Kier molecular flexibility index (Phi) is 6.93. The van der Waals surface area contributed by atoms with Crippen LogP contribution in [0, 0.1) is 0 Å². The van der Waals surface area contributed by atoms with Gasteiger partial charge in [0.25, 0.3) is 5.91 Å². The summed E-state index contributed by atoms with van der Waals surface area (Å²) in [6.45, 7) is 1.09. The largest absolute Gasteiger partial charge is 0.366 e. The highest BCUT2D eigenvalue weighted by Gasteiger charge is 2.05. The molecule has 0 saturated heterocycles. The van der Waals surface area contributed by atoms with Crippen molar-refractivity contribution in [2.75, 3.05) is 13.1 Å². The van der Waals surface area contributed by atoms with E-state index in [9.17, 15) is 9.59 Å². The first-order valence-corrected chi connectivity index (χ1v) is 5.03. The van der Waals surface area contributed by atoms with Crippen molar-refractivity contribution in [1.29, 1.82) is 0 Å². The smallest absolute Gasteiger partial charge is 0.251 e. The highest BCUT2D eigenvalue weighted by atomic mass is 35.5. The average molecular weight is 258 g/mol. The second kappa shape index (κ2) is 7.65. The van der Waals surface area contributed by atoms with Crippen molar-refractivity contribution in [2.45, 2.75) is 6.42 Å². The molecule has 0 bridgehead atoms. The molecule has 0 atom stereocenters. The van der Waals surface area contributed by atoms with Gasteiger partial charge in [-0.1, -0.05) is 0 Å². The van der Waals surface area contributed by atoms with Crippen LogP contribution in [0.2, 0.25) is 0 Å². The molecule has 1 aromatic carbocycles. The van der Waals surface area contributed by atoms with Gasteiger partial charge in [0.05, 0.1) is 0 Å². The highest BCUT2D eigenvalue weighted by molar-refractivity contribution is 5.97. The number of hydrogen-bond acceptors (Lipinski definition) is 3. The fourth-order valence-corrected chi connectivity index (χ4v) is 1.19. The standard InChI is InChI=1S/C11H15N3O2.ClH/c12-6-1-7-14-11(16)9-4-2-8(3-5-9)10(13)15;/h2-5H,1,6-7,12H2,(H2,13,15)(H,14,16);1H. The molecule has 6 heteroatoms. The van der Waals surface area contributed by atoms with Crippen LogP contribution in [0.1, 0.15) is 27.1 Å². The predicted molar refractivity (Wildman–Crippen MR) is 68.2 cm³/mol. The van der Waals surface area contributed by atoms with Crippen LogP contribution in [0.3, 0.4) is 0 Å². The summed E-state index contributed by atoms with van der Waals surface area (Å²) in [5, 5.41) is 2.71. The van der Waals surface area contributed by atoms with Crippen molar-refractivity contribution in [3.05, 3.63) is 35.4 Å². The number of nitrogens with one attached hydrogen (secondary N) is 1. The Morgan fingerprint density at radius 2 is 1.65 bits per heavy atom. The molecular formula is C11H16ClN3O2. The zero-order chi connectivity index (χ0) is 12.0. The van der Waals surface area contributed by atoms with Gasteiger partial charge < -0.3 is 16.8 Å². The highest BCUT2D eigenvalue weighted by Crippen LogP contribution is 2.03. The number of benzene rings is 1. The Labute approximate surface area is 106 Å². The lowest BCUT2D eigenvalue weighted by Gasteiger charge is -2.04. The van der Waals surface area contributed by atoms with Gasteiger partial charge in [-0.25, -0.2) is 0 Å². The second-order valence-corrected chi connectivity index (χ2v) is 3.34. The van der Waals surface area contributed by atoms with Crippen LogP contribution in [0.5, 0.6) is 0 Å². The van der Waals surface area contributed by atoms with Crippen molar-refractivity contribution in [3.63, 3.8) is 0 Å². The third-order valence-corrected chi connectivity index (χ3v) is 2.10. The normalized spacial score (nSPS) is 9.24. The molecule has 94 valence electrons. The first kappa shape index (κ1) is 15.4. The maximum Gasteiger partial charge on any atom is 0.251 e. The summed E-state index contributed by atoms with van der Waals surface area (Å²) in [6, 6.07) is 6.19. The van der Waals surface area contributed by atoms with E-state index in [1.807, 2.05) is 0 Å². The minimum absolute atomic E-state index is 0. The first-order valence-electron chi connectivity index (χ1n) is 5.03. The van der Waals surface area contributed by atoms with Gasteiger partial charge >= 0.3 is 0 Å². The molecule has 1 rings (SSSR count). The van der Waals surface area contributed by atoms with Gasteiger partial charge in [-0.3, -0.25) is 9.59 Å². The van der Waals surface area contributed by atoms with Crippen LogP contribution in [-0.2, 0) is 0 Å². The fourth-order valence-electron chi connectivity index (χ4n) is 1.19. The van der Waals surface area contributed by atoms with Crippen LogP contribution < -0.4 is 16.8 Å². The van der Waals surface area contributed by atoms with Crippen molar-refractivity contribution < 1.29 is 9.59 Å². The summed E-state index contributed by atoms with van der Waals surface area (Å²) in [5.74, 6) is -0.681. The van der Waals surface area contributed by atoms with Gasteiger partial charge in [0.2, 0.25) is 5.91 Å². The third kappa shape index (κ3) is 4.84. The van der Waals surface area contributed by atoms with Crippen molar-refractivity contribution >= 4 is 24.2 Å². The van der Waals surface area contributed by atoms with Gasteiger partial charge in [0.15, 0.2) is 0 Å². The lowest BCUT2D eigenvalue weighted by atomic mass is 10.1. The van der Waals surface area contributed by atoms with E-state index >= 15 is 0 Å². The van der Waals surface area contributed by atoms with Crippen molar-refractivity contribution in [1.82, 2.24) is 5.32 Å². The maximum atomic E-state index is 11.5. The molecule has 17 heavy (non-hydrogen) atoms. The molecule has 0 spiro atoms. The summed E-state index contributed by atoms with van der Waals surface area (Å²) >= 11 is 0. The van der Waals surface area contributed by atoms with Gasteiger partial charge in [-0.15, -0.1) is 12.4 Å². The second-order valence-electron chi connectivity index (χ2n) is 3.34. The lowest BCUT2D eigenvalue weighted by molar-refractivity contribution is 0.0950.